The number of hydrogen-bond acceptors (Lipinski definition) is 5. The van der Waals surface area contributed by atoms with E-state index in [2.05, 4.69) is 16.9 Å². The van der Waals surface area contributed by atoms with Gasteiger partial charge >= 0.3 is 5.69 Å². The van der Waals surface area contributed by atoms with Crippen molar-refractivity contribution in [3.63, 3.8) is 0 Å². The van der Waals surface area contributed by atoms with Crippen molar-refractivity contribution in [1.29, 1.82) is 0 Å². The minimum absolute atomic E-state index is 0.135. The largest absolute Gasteiger partial charge is 0.347 e. The molecule has 7 nitrogen and oxygen atoms in total. The molecule has 0 aliphatic carbocycles. The summed E-state index contributed by atoms with van der Waals surface area (Å²) in [5.74, 6) is 1.08. The van der Waals surface area contributed by atoms with Gasteiger partial charge in [-0.2, -0.15) is 5.10 Å². The Morgan fingerprint density at radius 2 is 2.24 bits per heavy atom. The van der Waals surface area contributed by atoms with Gasteiger partial charge in [0.2, 0.25) is 5.82 Å². The molecule has 2 N–H and O–H groups in total. The van der Waals surface area contributed by atoms with E-state index < -0.39 is 0 Å². The number of hydrogen-bond donors (Lipinski definition) is 1. The van der Waals surface area contributed by atoms with Crippen molar-refractivity contribution in [3.05, 3.63) is 15.8 Å². The second-order valence-electron chi connectivity index (χ2n) is 5.85. The summed E-state index contributed by atoms with van der Waals surface area (Å²) < 4.78 is 1.79. The van der Waals surface area contributed by atoms with Crippen molar-refractivity contribution in [3.8, 4) is 0 Å². The number of nitro groups is 1. The predicted octanol–water partition coefficient (Wildman–Crippen LogP) is 2.07. The molecule has 2 rings (SSSR count). The fourth-order valence-corrected chi connectivity index (χ4v) is 3.30. The monoisotopic (exact) mass is 295 g/mol. The van der Waals surface area contributed by atoms with Crippen molar-refractivity contribution >= 4 is 11.5 Å². The minimum atomic E-state index is -0.309. The Hall–Kier alpha value is -1.63. The van der Waals surface area contributed by atoms with Crippen molar-refractivity contribution in [1.82, 2.24) is 9.78 Å². The second kappa shape index (κ2) is 6.43. The van der Waals surface area contributed by atoms with Gasteiger partial charge in [-0.3, -0.25) is 10.1 Å². The maximum Gasteiger partial charge on any atom is 0.333 e. The normalized spacial score (nSPS) is 22.6. The lowest BCUT2D eigenvalue weighted by Crippen LogP contribution is -2.49. The highest BCUT2D eigenvalue weighted by Gasteiger charge is 2.36. The van der Waals surface area contributed by atoms with Crippen LogP contribution in [0.2, 0.25) is 0 Å². The molecule has 0 bridgehead atoms. The van der Waals surface area contributed by atoms with Gasteiger partial charge in [-0.25, -0.2) is 4.68 Å². The number of aryl methyl sites for hydroxylation is 2. The van der Waals surface area contributed by atoms with Gasteiger partial charge in [0.25, 0.3) is 0 Å². The van der Waals surface area contributed by atoms with E-state index in [0.717, 1.165) is 25.8 Å². The number of piperidine rings is 1. The first-order valence-corrected chi connectivity index (χ1v) is 7.69. The van der Waals surface area contributed by atoms with Crippen LogP contribution in [0.4, 0.5) is 11.5 Å². The third-order valence-electron chi connectivity index (χ3n) is 4.32. The molecule has 0 spiro atoms. The van der Waals surface area contributed by atoms with Crippen LogP contribution in [0, 0.1) is 23.0 Å². The highest BCUT2D eigenvalue weighted by atomic mass is 16.6. The van der Waals surface area contributed by atoms with Gasteiger partial charge in [0, 0.05) is 25.7 Å². The van der Waals surface area contributed by atoms with E-state index in [1.165, 1.54) is 0 Å². The third kappa shape index (κ3) is 2.88. The van der Waals surface area contributed by atoms with Gasteiger partial charge in [0.05, 0.1) is 4.92 Å². The number of aromatic nitrogens is 2. The Balaban J connectivity index is 2.51. The zero-order valence-electron chi connectivity index (χ0n) is 13.1. The van der Waals surface area contributed by atoms with E-state index in [0.29, 0.717) is 30.5 Å². The maximum absolute atomic E-state index is 11.5. The molecular weight excluding hydrogens is 270 g/mol. The molecule has 1 aliphatic rings. The van der Waals surface area contributed by atoms with Crippen LogP contribution in [0.25, 0.3) is 0 Å². The van der Waals surface area contributed by atoms with Crippen LogP contribution < -0.4 is 10.6 Å². The van der Waals surface area contributed by atoms with Gasteiger partial charge < -0.3 is 10.6 Å². The van der Waals surface area contributed by atoms with Crippen LogP contribution in [0.1, 0.15) is 38.8 Å². The smallest absolute Gasteiger partial charge is 0.333 e. The van der Waals surface area contributed by atoms with Crippen LogP contribution in [-0.4, -0.2) is 33.8 Å². The molecule has 0 radical (unpaired) electrons. The summed E-state index contributed by atoms with van der Waals surface area (Å²) in [6.07, 6.45) is 3.04. The molecule has 2 heterocycles. The Morgan fingerprint density at radius 1 is 1.52 bits per heavy atom. The highest BCUT2D eigenvalue weighted by Crippen LogP contribution is 2.36. The fourth-order valence-electron chi connectivity index (χ4n) is 3.30. The maximum atomic E-state index is 11.5. The first kappa shape index (κ1) is 15.8. The molecule has 1 fully saturated rings. The second-order valence-corrected chi connectivity index (χ2v) is 5.85. The van der Waals surface area contributed by atoms with Crippen molar-refractivity contribution in [2.75, 3.05) is 18.0 Å². The van der Waals surface area contributed by atoms with Crippen LogP contribution in [0.5, 0.6) is 0 Å². The van der Waals surface area contributed by atoms with E-state index >= 15 is 0 Å². The van der Waals surface area contributed by atoms with Crippen LogP contribution in [0.15, 0.2) is 0 Å². The van der Waals surface area contributed by atoms with Crippen molar-refractivity contribution in [2.24, 2.45) is 11.7 Å². The summed E-state index contributed by atoms with van der Waals surface area (Å²) in [4.78, 5) is 13.3. The lowest BCUT2D eigenvalue weighted by Gasteiger charge is -2.40. The summed E-state index contributed by atoms with van der Waals surface area (Å²) >= 11 is 0. The van der Waals surface area contributed by atoms with Gasteiger partial charge in [-0.1, -0.05) is 13.8 Å². The molecule has 1 aromatic rings. The molecule has 1 saturated heterocycles. The molecule has 2 atom stereocenters. The third-order valence-corrected chi connectivity index (χ3v) is 4.32. The average molecular weight is 295 g/mol. The van der Waals surface area contributed by atoms with E-state index in [1.54, 1.807) is 11.6 Å². The van der Waals surface area contributed by atoms with E-state index in [-0.39, 0.29) is 16.7 Å². The first-order valence-electron chi connectivity index (χ1n) is 7.69. The number of nitrogens with zero attached hydrogens (tertiary/aromatic N) is 4. The van der Waals surface area contributed by atoms with E-state index in [4.69, 9.17) is 5.73 Å². The molecule has 1 aromatic heterocycles. The average Bonchev–Trinajstić information content (AvgIpc) is 2.75. The summed E-state index contributed by atoms with van der Waals surface area (Å²) in [7, 11) is 0. The lowest BCUT2D eigenvalue weighted by atomic mass is 9.90. The molecule has 0 saturated carbocycles. The molecule has 118 valence electrons. The Bertz CT molecular complexity index is 514. The van der Waals surface area contributed by atoms with Crippen LogP contribution in [0.3, 0.4) is 0 Å². The molecular formula is C14H25N5O2. The molecule has 0 aromatic carbocycles. The summed E-state index contributed by atoms with van der Waals surface area (Å²) in [5.41, 5.74) is 6.56. The molecule has 1 aliphatic heterocycles. The quantitative estimate of drug-likeness (QED) is 0.663. The van der Waals surface area contributed by atoms with Crippen LogP contribution in [-0.2, 0) is 6.54 Å². The van der Waals surface area contributed by atoms with Gasteiger partial charge in [0.15, 0.2) is 0 Å². The van der Waals surface area contributed by atoms with E-state index in [1.807, 2.05) is 6.92 Å². The predicted molar refractivity (Wildman–Crippen MR) is 82.5 cm³/mol. The highest BCUT2D eigenvalue weighted by molar-refractivity contribution is 5.62. The van der Waals surface area contributed by atoms with Crippen molar-refractivity contribution < 1.29 is 4.92 Å². The molecule has 21 heavy (non-hydrogen) atoms. The summed E-state index contributed by atoms with van der Waals surface area (Å²) in [6.45, 7) is 7.93. The fraction of sp³-hybridized carbons (Fsp3) is 0.786. The Kier molecular flexibility index (Phi) is 4.82. The standard InChI is InChI=1S/C14H25N5O2/c1-4-7-18-14(13(19(20)21)11(3)16-18)17-8-5-6-10(2)12(17)9-15/h10,12H,4-9,15H2,1-3H3. The summed E-state index contributed by atoms with van der Waals surface area (Å²) in [5, 5.41) is 15.9. The molecule has 0 amide bonds. The van der Waals surface area contributed by atoms with Gasteiger partial charge in [-0.05, 0) is 32.1 Å². The van der Waals surface area contributed by atoms with Gasteiger partial charge in [0.1, 0.15) is 5.69 Å². The Morgan fingerprint density at radius 3 is 2.81 bits per heavy atom. The molecule has 2 unspecified atom stereocenters. The Labute approximate surface area is 125 Å². The summed E-state index contributed by atoms with van der Waals surface area (Å²) in [6, 6.07) is 0.143. The number of anilines is 1. The number of nitrogens with two attached hydrogens (primary N) is 1. The van der Waals surface area contributed by atoms with Gasteiger partial charge in [-0.15, -0.1) is 0 Å². The minimum Gasteiger partial charge on any atom is -0.347 e. The zero-order valence-corrected chi connectivity index (χ0v) is 13.1. The topological polar surface area (TPSA) is 90.2 Å². The zero-order chi connectivity index (χ0) is 15.6. The lowest BCUT2D eigenvalue weighted by molar-refractivity contribution is -0.384. The first-order chi connectivity index (χ1) is 10.0. The molecule has 7 heteroatoms. The number of rotatable bonds is 5. The van der Waals surface area contributed by atoms with E-state index in [9.17, 15) is 10.1 Å². The van der Waals surface area contributed by atoms with Crippen molar-refractivity contribution in [2.45, 2.75) is 52.6 Å². The SMILES string of the molecule is CCCn1nc(C)c([N+](=O)[O-])c1N1CCCC(C)C1CN. The van der Waals surface area contributed by atoms with Crippen LogP contribution >= 0.6 is 0 Å².